The van der Waals surface area contributed by atoms with E-state index in [0.717, 1.165) is 12.8 Å². The SMILES string of the molecule is O=C1CCC(N2Cc3ccc(C(=O)NC(=O)C4CC4)cc3C2=O)C(=O)N1. The minimum atomic E-state index is -0.693. The number of benzene rings is 1. The summed E-state index contributed by atoms with van der Waals surface area (Å²) < 4.78 is 0. The lowest BCUT2D eigenvalue weighted by atomic mass is 10.0. The maximum absolute atomic E-state index is 12.7. The van der Waals surface area contributed by atoms with Gasteiger partial charge in [-0.25, -0.2) is 0 Å². The van der Waals surface area contributed by atoms with E-state index in [0.29, 0.717) is 11.1 Å². The van der Waals surface area contributed by atoms with Crippen molar-refractivity contribution in [1.82, 2.24) is 15.5 Å². The fourth-order valence-electron chi connectivity index (χ4n) is 3.33. The average molecular weight is 355 g/mol. The van der Waals surface area contributed by atoms with Crippen LogP contribution in [-0.4, -0.2) is 40.5 Å². The summed E-state index contributed by atoms with van der Waals surface area (Å²) in [5.74, 6) is -2.07. The molecule has 3 aliphatic rings. The van der Waals surface area contributed by atoms with Crippen molar-refractivity contribution in [3.05, 3.63) is 34.9 Å². The van der Waals surface area contributed by atoms with Crippen LogP contribution in [0.2, 0.25) is 0 Å². The number of carbonyl (C=O) groups is 5. The van der Waals surface area contributed by atoms with Crippen LogP contribution in [0.15, 0.2) is 18.2 Å². The van der Waals surface area contributed by atoms with Crippen molar-refractivity contribution in [2.75, 3.05) is 0 Å². The van der Waals surface area contributed by atoms with Gasteiger partial charge in [-0.2, -0.15) is 0 Å². The van der Waals surface area contributed by atoms with Crippen molar-refractivity contribution in [3.8, 4) is 0 Å². The summed E-state index contributed by atoms with van der Waals surface area (Å²) in [7, 11) is 0. The van der Waals surface area contributed by atoms with Crippen LogP contribution < -0.4 is 10.6 Å². The predicted molar refractivity (Wildman–Crippen MR) is 87.7 cm³/mol. The molecule has 1 saturated heterocycles. The first-order chi connectivity index (χ1) is 12.4. The van der Waals surface area contributed by atoms with Crippen molar-refractivity contribution >= 4 is 29.5 Å². The molecule has 0 bridgehead atoms. The number of nitrogens with zero attached hydrogens (tertiary/aromatic N) is 1. The molecule has 2 aliphatic heterocycles. The highest BCUT2D eigenvalue weighted by molar-refractivity contribution is 6.09. The average Bonchev–Trinajstić information content (AvgIpc) is 3.40. The number of amides is 5. The van der Waals surface area contributed by atoms with Gasteiger partial charge in [0.25, 0.3) is 11.8 Å². The third-order valence-electron chi connectivity index (χ3n) is 4.98. The fraction of sp³-hybridized carbons (Fsp3) is 0.389. The molecule has 8 nitrogen and oxygen atoms in total. The normalized spacial score (nSPS) is 22.1. The van der Waals surface area contributed by atoms with Gasteiger partial charge in [-0.1, -0.05) is 6.07 Å². The minimum Gasteiger partial charge on any atom is -0.322 e. The highest BCUT2D eigenvalue weighted by Crippen LogP contribution is 2.30. The Labute approximate surface area is 148 Å². The first-order valence-corrected chi connectivity index (χ1v) is 8.57. The zero-order valence-corrected chi connectivity index (χ0v) is 13.9. The quantitative estimate of drug-likeness (QED) is 0.748. The van der Waals surface area contributed by atoms with E-state index in [4.69, 9.17) is 0 Å². The van der Waals surface area contributed by atoms with E-state index < -0.39 is 17.9 Å². The Hall–Kier alpha value is -3.03. The highest BCUT2D eigenvalue weighted by Gasteiger charge is 2.39. The molecule has 5 amide bonds. The summed E-state index contributed by atoms with van der Waals surface area (Å²) >= 11 is 0. The van der Waals surface area contributed by atoms with E-state index in [2.05, 4.69) is 10.6 Å². The second-order valence-electron chi connectivity index (χ2n) is 6.86. The number of nitrogens with one attached hydrogen (secondary N) is 2. The number of imide groups is 2. The molecule has 1 atom stereocenters. The molecule has 134 valence electrons. The van der Waals surface area contributed by atoms with E-state index in [9.17, 15) is 24.0 Å². The molecule has 1 saturated carbocycles. The van der Waals surface area contributed by atoms with Gasteiger partial charge < -0.3 is 4.90 Å². The molecule has 1 aromatic carbocycles. The minimum absolute atomic E-state index is 0.0852. The maximum Gasteiger partial charge on any atom is 0.257 e. The van der Waals surface area contributed by atoms with Gasteiger partial charge in [-0.15, -0.1) is 0 Å². The van der Waals surface area contributed by atoms with Crippen LogP contribution in [0.1, 0.15) is 52.0 Å². The molecule has 1 aromatic rings. The lowest BCUT2D eigenvalue weighted by Crippen LogP contribution is -2.52. The Morgan fingerprint density at radius 2 is 1.88 bits per heavy atom. The van der Waals surface area contributed by atoms with E-state index in [1.54, 1.807) is 12.1 Å². The molecule has 4 rings (SSSR count). The van der Waals surface area contributed by atoms with Crippen LogP contribution in [0.3, 0.4) is 0 Å². The zero-order valence-electron chi connectivity index (χ0n) is 13.9. The first kappa shape index (κ1) is 16.4. The molecular weight excluding hydrogens is 338 g/mol. The van der Waals surface area contributed by atoms with Crippen LogP contribution in [-0.2, 0) is 20.9 Å². The smallest absolute Gasteiger partial charge is 0.257 e. The second-order valence-corrected chi connectivity index (χ2v) is 6.86. The summed E-state index contributed by atoms with van der Waals surface area (Å²) in [6.07, 6.45) is 2.06. The number of hydrogen-bond acceptors (Lipinski definition) is 5. The van der Waals surface area contributed by atoms with Crippen LogP contribution in [0.4, 0.5) is 0 Å². The Kier molecular flexibility index (Phi) is 3.82. The molecule has 2 fully saturated rings. The van der Waals surface area contributed by atoms with E-state index in [1.807, 2.05) is 0 Å². The predicted octanol–water partition coefficient (Wildman–Crippen LogP) is 0.114. The molecule has 2 heterocycles. The number of hydrogen-bond donors (Lipinski definition) is 2. The Bertz CT molecular complexity index is 858. The summed E-state index contributed by atoms with van der Waals surface area (Å²) in [6.45, 7) is 0.253. The first-order valence-electron chi connectivity index (χ1n) is 8.57. The van der Waals surface area contributed by atoms with Crippen molar-refractivity contribution in [2.45, 2.75) is 38.3 Å². The van der Waals surface area contributed by atoms with E-state index >= 15 is 0 Å². The summed E-state index contributed by atoms with van der Waals surface area (Å²) in [6, 6.07) is 3.99. The van der Waals surface area contributed by atoms with Crippen molar-refractivity contribution in [2.24, 2.45) is 5.92 Å². The van der Waals surface area contributed by atoms with Gasteiger partial charge in [0.15, 0.2) is 0 Å². The lowest BCUT2D eigenvalue weighted by Gasteiger charge is -2.29. The van der Waals surface area contributed by atoms with Gasteiger partial charge in [0.1, 0.15) is 6.04 Å². The summed E-state index contributed by atoms with van der Waals surface area (Å²) in [5.41, 5.74) is 1.29. The number of piperidine rings is 1. The molecular formula is C18H17N3O5. The van der Waals surface area contributed by atoms with Crippen molar-refractivity contribution < 1.29 is 24.0 Å². The van der Waals surface area contributed by atoms with E-state index in [-0.39, 0.29) is 48.6 Å². The number of carbonyl (C=O) groups excluding carboxylic acids is 5. The summed E-state index contributed by atoms with van der Waals surface area (Å²) in [5, 5.41) is 4.59. The van der Waals surface area contributed by atoms with Gasteiger partial charge in [0.05, 0.1) is 0 Å². The third-order valence-corrected chi connectivity index (χ3v) is 4.98. The van der Waals surface area contributed by atoms with Crippen molar-refractivity contribution in [1.29, 1.82) is 0 Å². The van der Waals surface area contributed by atoms with Gasteiger partial charge in [0, 0.05) is 30.0 Å². The molecule has 1 aliphatic carbocycles. The topological polar surface area (TPSA) is 113 Å². The molecule has 0 spiro atoms. The van der Waals surface area contributed by atoms with Crippen LogP contribution in [0, 0.1) is 5.92 Å². The number of fused-ring (bicyclic) bond motifs is 1. The summed E-state index contributed by atoms with van der Waals surface area (Å²) in [4.78, 5) is 61.4. The van der Waals surface area contributed by atoms with Crippen LogP contribution in [0.25, 0.3) is 0 Å². The molecule has 2 N–H and O–H groups in total. The second kappa shape index (κ2) is 6.05. The number of rotatable bonds is 3. The van der Waals surface area contributed by atoms with Gasteiger partial charge in [-0.3, -0.25) is 34.6 Å². The molecule has 26 heavy (non-hydrogen) atoms. The Morgan fingerprint density at radius 1 is 1.12 bits per heavy atom. The van der Waals surface area contributed by atoms with E-state index in [1.165, 1.54) is 11.0 Å². The lowest BCUT2D eigenvalue weighted by molar-refractivity contribution is -0.137. The molecule has 1 unspecified atom stereocenters. The Balaban J connectivity index is 1.51. The van der Waals surface area contributed by atoms with Crippen LogP contribution in [0.5, 0.6) is 0 Å². The largest absolute Gasteiger partial charge is 0.322 e. The van der Waals surface area contributed by atoms with Crippen molar-refractivity contribution in [3.63, 3.8) is 0 Å². The third kappa shape index (κ3) is 2.87. The molecule has 8 heteroatoms. The monoisotopic (exact) mass is 355 g/mol. The molecule has 0 aromatic heterocycles. The Morgan fingerprint density at radius 3 is 2.58 bits per heavy atom. The molecule has 0 radical (unpaired) electrons. The zero-order chi connectivity index (χ0) is 18.4. The van der Waals surface area contributed by atoms with Gasteiger partial charge >= 0.3 is 0 Å². The fourth-order valence-corrected chi connectivity index (χ4v) is 3.33. The van der Waals surface area contributed by atoms with Gasteiger partial charge in [-0.05, 0) is 37.0 Å². The van der Waals surface area contributed by atoms with Crippen LogP contribution >= 0.6 is 0 Å². The standard InChI is InChI=1S/C18H17N3O5/c22-14-6-5-13(17(25)19-14)21-8-11-4-3-10(7-12(11)18(21)26)16(24)20-15(23)9-1-2-9/h3-4,7,9,13H,1-2,5-6,8H2,(H,19,22,25)(H,20,23,24). The maximum atomic E-state index is 12.7. The highest BCUT2D eigenvalue weighted by atomic mass is 16.2. The van der Waals surface area contributed by atoms with Gasteiger partial charge in [0.2, 0.25) is 17.7 Å².